The molecule has 0 N–H and O–H groups in total. The van der Waals surface area contributed by atoms with Crippen LogP contribution >= 0.6 is 0 Å². The Labute approximate surface area is 60.9 Å². The van der Waals surface area contributed by atoms with Gasteiger partial charge < -0.3 is 0 Å². The molecule has 2 rings (SSSR count). The molecule has 0 saturated heterocycles. The molecule has 0 saturated carbocycles. The molecule has 0 atom stereocenters. The largest absolute Gasteiger partial charge is 0.275 e. The predicted molar refractivity (Wildman–Crippen MR) is 39.9 cm³/mol. The summed E-state index contributed by atoms with van der Waals surface area (Å²) in [6, 6.07) is 0. The average molecular weight is 136 g/mol. The highest BCUT2D eigenvalue weighted by molar-refractivity contribution is 5.19. The normalized spacial score (nSPS) is 16.9. The summed E-state index contributed by atoms with van der Waals surface area (Å²) in [5.74, 6) is 0. The zero-order valence-corrected chi connectivity index (χ0v) is 6.30. The molecule has 1 aliphatic carbocycles. The van der Waals surface area contributed by atoms with Crippen molar-refractivity contribution in [3.05, 3.63) is 17.5 Å². The van der Waals surface area contributed by atoms with Crippen LogP contribution in [-0.2, 0) is 19.9 Å². The maximum absolute atomic E-state index is 4.37. The second-order valence-electron chi connectivity index (χ2n) is 2.98. The van der Waals surface area contributed by atoms with E-state index in [0.29, 0.717) is 0 Å². The number of hydrogen-bond acceptors (Lipinski definition) is 1. The van der Waals surface area contributed by atoms with Crippen LogP contribution in [0.2, 0.25) is 0 Å². The van der Waals surface area contributed by atoms with Gasteiger partial charge >= 0.3 is 0 Å². The van der Waals surface area contributed by atoms with E-state index in [2.05, 4.69) is 11.3 Å². The fourth-order valence-corrected chi connectivity index (χ4v) is 1.61. The van der Waals surface area contributed by atoms with E-state index < -0.39 is 0 Å². The van der Waals surface area contributed by atoms with E-state index in [1.54, 1.807) is 0 Å². The first-order valence-corrected chi connectivity index (χ1v) is 3.87. The van der Waals surface area contributed by atoms with Crippen molar-refractivity contribution >= 4 is 0 Å². The van der Waals surface area contributed by atoms with Gasteiger partial charge in [-0.1, -0.05) is 0 Å². The number of aromatic nitrogens is 2. The number of nitrogens with zero attached hydrogens (tertiary/aromatic N) is 2. The zero-order valence-electron chi connectivity index (χ0n) is 6.30. The molecule has 1 heterocycles. The molecule has 0 unspecified atom stereocenters. The van der Waals surface area contributed by atoms with E-state index >= 15 is 0 Å². The van der Waals surface area contributed by atoms with Gasteiger partial charge in [-0.3, -0.25) is 4.68 Å². The number of hydrogen-bond donors (Lipinski definition) is 0. The Morgan fingerprint density at radius 2 is 2.20 bits per heavy atom. The summed E-state index contributed by atoms with van der Waals surface area (Å²) in [6.45, 7) is 0. The number of rotatable bonds is 0. The molecular formula is C8H12N2. The molecule has 0 fully saturated rings. The Morgan fingerprint density at radius 3 is 3.00 bits per heavy atom. The van der Waals surface area contributed by atoms with Crippen molar-refractivity contribution in [2.45, 2.75) is 25.7 Å². The van der Waals surface area contributed by atoms with Gasteiger partial charge in [0.1, 0.15) is 0 Å². The Balaban J connectivity index is 2.41. The first kappa shape index (κ1) is 5.96. The van der Waals surface area contributed by atoms with Crippen LogP contribution in [-0.4, -0.2) is 9.78 Å². The minimum absolute atomic E-state index is 1.19. The third-order valence-electron chi connectivity index (χ3n) is 2.10. The minimum atomic E-state index is 1.19. The van der Waals surface area contributed by atoms with Crippen molar-refractivity contribution in [3.63, 3.8) is 0 Å². The topological polar surface area (TPSA) is 17.8 Å². The Hall–Kier alpha value is -0.790. The molecule has 1 aromatic heterocycles. The van der Waals surface area contributed by atoms with Crippen molar-refractivity contribution in [3.8, 4) is 0 Å². The summed E-state index contributed by atoms with van der Waals surface area (Å²) in [5, 5.41) is 4.37. The van der Waals surface area contributed by atoms with E-state index in [9.17, 15) is 0 Å². The first-order chi connectivity index (χ1) is 4.86. The van der Waals surface area contributed by atoms with Crippen LogP contribution < -0.4 is 0 Å². The summed E-state index contributed by atoms with van der Waals surface area (Å²) in [5.41, 5.74) is 2.79. The van der Waals surface area contributed by atoms with Crippen molar-refractivity contribution in [1.82, 2.24) is 9.78 Å². The van der Waals surface area contributed by atoms with Crippen LogP contribution in [0.4, 0.5) is 0 Å². The minimum Gasteiger partial charge on any atom is -0.275 e. The van der Waals surface area contributed by atoms with Crippen molar-refractivity contribution in [1.29, 1.82) is 0 Å². The van der Waals surface area contributed by atoms with E-state index in [-0.39, 0.29) is 0 Å². The molecule has 0 aliphatic heterocycles. The molecule has 0 amide bonds. The third-order valence-corrected chi connectivity index (χ3v) is 2.10. The molecule has 10 heavy (non-hydrogen) atoms. The maximum Gasteiger partial charge on any atom is 0.0656 e. The first-order valence-electron chi connectivity index (χ1n) is 3.87. The molecular weight excluding hydrogens is 124 g/mol. The molecule has 1 aliphatic rings. The van der Waals surface area contributed by atoms with Crippen LogP contribution in [0, 0.1) is 0 Å². The smallest absolute Gasteiger partial charge is 0.0656 e. The van der Waals surface area contributed by atoms with Crippen molar-refractivity contribution in [2.75, 3.05) is 0 Å². The number of aryl methyl sites for hydroxylation is 3. The standard InChI is InChI=1S/C8H12N2/c1-10-6-7-4-2-3-5-8(7)9-10/h6H,2-5H2,1H3. The molecule has 0 bridgehead atoms. The van der Waals surface area contributed by atoms with E-state index in [4.69, 9.17) is 0 Å². The Morgan fingerprint density at radius 1 is 1.40 bits per heavy atom. The lowest BCUT2D eigenvalue weighted by molar-refractivity contribution is 0.664. The summed E-state index contributed by atoms with van der Waals surface area (Å²) < 4.78 is 1.93. The average Bonchev–Trinajstić information content (AvgIpc) is 2.27. The second-order valence-corrected chi connectivity index (χ2v) is 2.98. The molecule has 0 spiro atoms. The van der Waals surface area contributed by atoms with Gasteiger partial charge in [0.2, 0.25) is 0 Å². The lowest BCUT2D eigenvalue weighted by Crippen LogP contribution is -1.99. The summed E-state index contributed by atoms with van der Waals surface area (Å²) in [4.78, 5) is 0. The maximum atomic E-state index is 4.37. The third kappa shape index (κ3) is 0.838. The van der Waals surface area contributed by atoms with Gasteiger partial charge in [-0.05, 0) is 31.2 Å². The summed E-state index contributed by atoms with van der Waals surface area (Å²) in [7, 11) is 2.00. The highest BCUT2D eigenvalue weighted by atomic mass is 15.2. The van der Waals surface area contributed by atoms with Crippen LogP contribution in [0.3, 0.4) is 0 Å². The number of fused-ring (bicyclic) bond motifs is 1. The molecule has 0 radical (unpaired) electrons. The highest BCUT2D eigenvalue weighted by Crippen LogP contribution is 2.18. The van der Waals surface area contributed by atoms with Crippen molar-refractivity contribution < 1.29 is 0 Å². The lowest BCUT2D eigenvalue weighted by Gasteiger charge is -2.06. The van der Waals surface area contributed by atoms with Gasteiger partial charge in [0, 0.05) is 13.2 Å². The van der Waals surface area contributed by atoms with E-state index in [1.807, 2.05) is 11.7 Å². The van der Waals surface area contributed by atoms with Gasteiger partial charge in [-0.25, -0.2) is 0 Å². The summed E-state index contributed by atoms with van der Waals surface area (Å²) in [6.07, 6.45) is 7.25. The summed E-state index contributed by atoms with van der Waals surface area (Å²) >= 11 is 0. The van der Waals surface area contributed by atoms with Gasteiger partial charge in [0.15, 0.2) is 0 Å². The fourth-order valence-electron chi connectivity index (χ4n) is 1.61. The quantitative estimate of drug-likeness (QED) is 0.525. The Bertz CT molecular complexity index is 214. The van der Waals surface area contributed by atoms with Gasteiger partial charge in [-0.2, -0.15) is 5.10 Å². The van der Waals surface area contributed by atoms with Gasteiger partial charge in [0.05, 0.1) is 5.69 Å². The Kier molecular flexibility index (Phi) is 1.26. The van der Waals surface area contributed by atoms with Crippen LogP contribution in [0.15, 0.2) is 6.20 Å². The van der Waals surface area contributed by atoms with Crippen LogP contribution in [0.1, 0.15) is 24.1 Å². The monoisotopic (exact) mass is 136 g/mol. The molecule has 1 aromatic rings. The lowest BCUT2D eigenvalue weighted by atomic mass is 9.99. The second kappa shape index (κ2) is 2.11. The van der Waals surface area contributed by atoms with Crippen LogP contribution in [0.5, 0.6) is 0 Å². The molecule has 54 valence electrons. The van der Waals surface area contributed by atoms with Crippen molar-refractivity contribution in [2.24, 2.45) is 7.05 Å². The molecule has 2 nitrogen and oxygen atoms in total. The van der Waals surface area contributed by atoms with E-state index in [0.717, 1.165) is 0 Å². The molecule has 2 heteroatoms. The van der Waals surface area contributed by atoms with E-state index in [1.165, 1.54) is 36.9 Å². The highest BCUT2D eigenvalue weighted by Gasteiger charge is 2.11. The zero-order chi connectivity index (χ0) is 6.97. The fraction of sp³-hybridized carbons (Fsp3) is 0.625. The van der Waals surface area contributed by atoms with Crippen LogP contribution in [0.25, 0.3) is 0 Å². The molecule has 0 aromatic carbocycles. The predicted octanol–water partition coefficient (Wildman–Crippen LogP) is 1.30. The SMILES string of the molecule is Cn1cc2c(n1)CCCC2. The van der Waals surface area contributed by atoms with Gasteiger partial charge in [-0.15, -0.1) is 0 Å². The van der Waals surface area contributed by atoms with Gasteiger partial charge in [0.25, 0.3) is 0 Å².